The molecule has 1 atom stereocenters. The number of rotatable bonds is 3. The molecule has 2 aromatic rings. The molecule has 0 saturated carbocycles. The molecule has 3 nitrogen and oxygen atoms in total. The number of aliphatic hydroxyl groups is 1. The van der Waals surface area contributed by atoms with Crippen molar-refractivity contribution >= 4 is 11.8 Å². The van der Waals surface area contributed by atoms with Crippen molar-refractivity contribution in [2.45, 2.75) is 22.9 Å². The standard InChI is InChI=1S/C12H11FN2OS/c1-8(16)9-2-3-11(10(13)6-9)17-12-7-14-4-5-15-12/h2-8,16H,1H3. The van der Waals surface area contributed by atoms with Gasteiger partial charge >= 0.3 is 0 Å². The topological polar surface area (TPSA) is 46.0 Å². The van der Waals surface area contributed by atoms with Crippen LogP contribution in [-0.4, -0.2) is 15.1 Å². The molecule has 0 aliphatic carbocycles. The van der Waals surface area contributed by atoms with Crippen LogP contribution in [0.5, 0.6) is 0 Å². The first-order chi connectivity index (χ1) is 8.16. The number of benzene rings is 1. The summed E-state index contributed by atoms with van der Waals surface area (Å²) in [4.78, 5) is 8.44. The first kappa shape index (κ1) is 12.0. The maximum Gasteiger partial charge on any atom is 0.137 e. The van der Waals surface area contributed by atoms with Crippen LogP contribution in [0.2, 0.25) is 0 Å². The van der Waals surface area contributed by atoms with Gasteiger partial charge in [0.1, 0.15) is 10.8 Å². The third-order valence-corrected chi connectivity index (χ3v) is 3.16. The second kappa shape index (κ2) is 5.25. The van der Waals surface area contributed by atoms with Crippen molar-refractivity contribution in [3.8, 4) is 0 Å². The van der Waals surface area contributed by atoms with Gasteiger partial charge in [0.15, 0.2) is 0 Å². The lowest BCUT2D eigenvalue weighted by atomic mass is 10.1. The van der Waals surface area contributed by atoms with Gasteiger partial charge in [-0.15, -0.1) is 0 Å². The summed E-state index contributed by atoms with van der Waals surface area (Å²) >= 11 is 1.20. The molecule has 5 heteroatoms. The van der Waals surface area contributed by atoms with E-state index in [1.807, 2.05) is 0 Å². The molecule has 0 spiro atoms. The molecular weight excluding hydrogens is 239 g/mol. The minimum atomic E-state index is -0.667. The average molecular weight is 250 g/mol. The summed E-state index contributed by atoms with van der Waals surface area (Å²) in [6.07, 6.45) is 4.04. The second-order valence-electron chi connectivity index (χ2n) is 3.51. The largest absolute Gasteiger partial charge is 0.389 e. The predicted molar refractivity (Wildman–Crippen MR) is 63.2 cm³/mol. The zero-order valence-electron chi connectivity index (χ0n) is 9.17. The van der Waals surface area contributed by atoms with E-state index in [0.29, 0.717) is 15.5 Å². The maximum absolute atomic E-state index is 13.7. The highest BCUT2D eigenvalue weighted by Gasteiger charge is 2.08. The molecule has 0 amide bonds. The zero-order chi connectivity index (χ0) is 12.3. The Morgan fingerprint density at radius 3 is 2.76 bits per heavy atom. The quantitative estimate of drug-likeness (QED) is 0.909. The zero-order valence-corrected chi connectivity index (χ0v) is 9.99. The smallest absolute Gasteiger partial charge is 0.137 e. The Morgan fingerprint density at radius 1 is 1.35 bits per heavy atom. The highest BCUT2D eigenvalue weighted by atomic mass is 32.2. The van der Waals surface area contributed by atoms with Crippen molar-refractivity contribution in [2.24, 2.45) is 0 Å². The number of halogens is 1. The van der Waals surface area contributed by atoms with Crippen LogP contribution in [0.1, 0.15) is 18.6 Å². The molecule has 0 bridgehead atoms. The van der Waals surface area contributed by atoms with E-state index in [1.54, 1.807) is 37.6 Å². The summed E-state index contributed by atoms with van der Waals surface area (Å²) in [7, 11) is 0. The Balaban J connectivity index is 2.23. The Labute approximate surface area is 103 Å². The molecule has 1 aromatic carbocycles. The highest BCUT2D eigenvalue weighted by molar-refractivity contribution is 7.99. The molecule has 0 aliphatic heterocycles. The molecule has 1 unspecified atom stereocenters. The second-order valence-corrected chi connectivity index (χ2v) is 4.57. The fourth-order valence-corrected chi connectivity index (χ4v) is 2.06. The van der Waals surface area contributed by atoms with Crippen LogP contribution in [0.15, 0.2) is 46.7 Å². The highest BCUT2D eigenvalue weighted by Crippen LogP contribution is 2.29. The van der Waals surface area contributed by atoms with Crippen molar-refractivity contribution < 1.29 is 9.50 Å². The minimum absolute atomic E-state index is 0.362. The number of hydrogen-bond donors (Lipinski definition) is 1. The van der Waals surface area contributed by atoms with Crippen LogP contribution in [0.25, 0.3) is 0 Å². The summed E-state index contributed by atoms with van der Waals surface area (Å²) in [6, 6.07) is 4.67. The fourth-order valence-electron chi connectivity index (χ4n) is 1.31. The van der Waals surface area contributed by atoms with Crippen LogP contribution >= 0.6 is 11.8 Å². The monoisotopic (exact) mass is 250 g/mol. The minimum Gasteiger partial charge on any atom is -0.389 e. The predicted octanol–water partition coefficient (Wildman–Crippen LogP) is 2.82. The third-order valence-electron chi connectivity index (χ3n) is 2.19. The van der Waals surface area contributed by atoms with Gasteiger partial charge in [-0.05, 0) is 24.6 Å². The average Bonchev–Trinajstić information content (AvgIpc) is 2.33. The van der Waals surface area contributed by atoms with Gasteiger partial charge in [-0.3, -0.25) is 4.98 Å². The number of hydrogen-bond acceptors (Lipinski definition) is 4. The molecule has 17 heavy (non-hydrogen) atoms. The van der Waals surface area contributed by atoms with Gasteiger partial charge in [-0.1, -0.05) is 17.8 Å². The lowest BCUT2D eigenvalue weighted by molar-refractivity contribution is 0.198. The van der Waals surface area contributed by atoms with E-state index in [9.17, 15) is 9.50 Å². The van der Waals surface area contributed by atoms with Gasteiger partial charge in [0, 0.05) is 17.3 Å². The van der Waals surface area contributed by atoms with Crippen LogP contribution < -0.4 is 0 Å². The summed E-state index contributed by atoms with van der Waals surface area (Å²) in [5.74, 6) is -0.362. The molecule has 1 aromatic heterocycles. The summed E-state index contributed by atoms with van der Waals surface area (Å²) in [6.45, 7) is 1.60. The first-order valence-corrected chi connectivity index (χ1v) is 5.90. The van der Waals surface area contributed by atoms with E-state index in [2.05, 4.69) is 9.97 Å². The van der Waals surface area contributed by atoms with Crippen molar-refractivity contribution in [3.63, 3.8) is 0 Å². The molecule has 0 fully saturated rings. The van der Waals surface area contributed by atoms with Gasteiger partial charge < -0.3 is 5.11 Å². The van der Waals surface area contributed by atoms with Crippen molar-refractivity contribution in [3.05, 3.63) is 48.2 Å². The SMILES string of the molecule is CC(O)c1ccc(Sc2cnccn2)c(F)c1. The van der Waals surface area contributed by atoms with Gasteiger partial charge in [-0.2, -0.15) is 0 Å². The molecule has 1 N–H and O–H groups in total. The maximum atomic E-state index is 13.7. The van der Waals surface area contributed by atoms with E-state index in [4.69, 9.17) is 0 Å². The van der Waals surface area contributed by atoms with E-state index in [1.165, 1.54) is 17.8 Å². The van der Waals surface area contributed by atoms with E-state index < -0.39 is 6.10 Å². The molecule has 2 rings (SSSR count). The fraction of sp³-hybridized carbons (Fsp3) is 0.167. The molecule has 1 heterocycles. The lowest BCUT2D eigenvalue weighted by Crippen LogP contribution is -1.93. The van der Waals surface area contributed by atoms with Gasteiger partial charge in [-0.25, -0.2) is 9.37 Å². The van der Waals surface area contributed by atoms with E-state index >= 15 is 0 Å². The van der Waals surface area contributed by atoms with Crippen molar-refractivity contribution in [2.75, 3.05) is 0 Å². The normalized spacial score (nSPS) is 12.4. The van der Waals surface area contributed by atoms with Crippen molar-refractivity contribution in [1.82, 2.24) is 9.97 Å². The van der Waals surface area contributed by atoms with Crippen LogP contribution in [0, 0.1) is 5.82 Å². The lowest BCUT2D eigenvalue weighted by Gasteiger charge is -2.07. The molecule has 0 aliphatic rings. The third kappa shape index (κ3) is 3.01. The number of aliphatic hydroxyl groups excluding tert-OH is 1. The number of aromatic nitrogens is 2. The summed E-state index contributed by atoms with van der Waals surface area (Å²) in [5.41, 5.74) is 0.561. The van der Waals surface area contributed by atoms with E-state index in [0.717, 1.165) is 0 Å². The van der Waals surface area contributed by atoms with E-state index in [-0.39, 0.29) is 5.82 Å². The Hall–Kier alpha value is -1.46. The van der Waals surface area contributed by atoms with Gasteiger partial charge in [0.2, 0.25) is 0 Å². The van der Waals surface area contributed by atoms with Crippen molar-refractivity contribution in [1.29, 1.82) is 0 Å². The van der Waals surface area contributed by atoms with Crippen LogP contribution in [-0.2, 0) is 0 Å². The van der Waals surface area contributed by atoms with Gasteiger partial charge in [0.05, 0.1) is 12.3 Å². The molecule has 0 radical (unpaired) electrons. The van der Waals surface area contributed by atoms with Crippen LogP contribution in [0.4, 0.5) is 4.39 Å². The summed E-state index contributed by atoms with van der Waals surface area (Å²) in [5, 5.41) is 9.97. The molecule has 0 saturated heterocycles. The van der Waals surface area contributed by atoms with Crippen LogP contribution in [0.3, 0.4) is 0 Å². The Kier molecular flexibility index (Phi) is 3.71. The summed E-state index contributed by atoms with van der Waals surface area (Å²) < 4.78 is 13.7. The Morgan fingerprint density at radius 2 is 2.18 bits per heavy atom. The Bertz CT molecular complexity index is 505. The van der Waals surface area contributed by atoms with Gasteiger partial charge in [0.25, 0.3) is 0 Å². The number of nitrogens with zero attached hydrogens (tertiary/aromatic N) is 2. The molecule has 88 valence electrons. The molecular formula is C12H11FN2OS. The first-order valence-electron chi connectivity index (χ1n) is 5.08.